The molecular formula is C15H17F3N2O4. The lowest BCUT2D eigenvalue weighted by Crippen LogP contribution is -2.44. The van der Waals surface area contributed by atoms with Gasteiger partial charge in [-0.1, -0.05) is 18.2 Å². The lowest BCUT2D eigenvalue weighted by molar-refractivity contribution is -0.147. The summed E-state index contributed by atoms with van der Waals surface area (Å²) in [5.41, 5.74) is -0.774. The number of alkyl halides is 3. The third-order valence-corrected chi connectivity index (χ3v) is 2.64. The molecule has 0 aliphatic carbocycles. The van der Waals surface area contributed by atoms with Gasteiger partial charge in [-0.2, -0.15) is 13.2 Å². The topological polar surface area (TPSA) is 84.5 Å². The third-order valence-electron chi connectivity index (χ3n) is 2.64. The Hall–Kier alpha value is -2.58. The molecular weight excluding hydrogens is 329 g/mol. The van der Waals surface area contributed by atoms with Gasteiger partial charge in [-0.15, -0.1) is 0 Å². The van der Waals surface area contributed by atoms with Crippen LogP contribution in [0.4, 0.5) is 18.0 Å². The molecule has 0 heterocycles. The molecule has 1 aromatic rings. The quantitative estimate of drug-likeness (QED) is 0.799. The van der Waals surface area contributed by atoms with Crippen LogP contribution >= 0.6 is 0 Å². The lowest BCUT2D eigenvalue weighted by Gasteiger charge is -2.10. The van der Waals surface area contributed by atoms with E-state index in [9.17, 15) is 27.6 Å². The average Bonchev–Trinajstić information content (AvgIpc) is 2.43. The van der Waals surface area contributed by atoms with E-state index in [0.717, 1.165) is 12.1 Å². The number of ether oxygens (including phenoxy) is 1. The second-order valence-corrected chi connectivity index (χ2v) is 5.21. The number of hydrogen-bond donors (Lipinski definition) is 2. The van der Waals surface area contributed by atoms with Crippen molar-refractivity contribution in [3.8, 4) is 0 Å². The van der Waals surface area contributed by atoms with Crippen LogP contribution in [0.1, 0.15) is 25.0 Å². The van der Waals surface area contributed by atoms with E-state index in [4.69, 9.17) is 0 Å². The van der Waals surface area contributed by atoms with Crippen LogP contribution in [-0.4, -0.2) is 30.6 Å². The second-order valence-electron chi connectivity index (χ2n) is 5.21. The van der Waals surface area contributed by atoms with E-state index in [1.165, 1.54) is 12.1 Å². The van der Waals surface area contributed by atoms with Crippen LogP contribution in [-0.2, 0) is 26.9 Å². The highest BCUT2D eigenvalue weighted by Gasteiger charge is 2.30. The van der Waals surface area contributed by atoms with Crippen molar-refractivity contribution in [2.24, 2.45) is 0 Å². The molecule has 132 valence electrons. The van der Waals surface area contributed by atoms with Gasteiger partial charge in [0.05, 0.1) is 12.0 Å². The number of halogens is 3. The molecule has 1 rings (SSSR count). The van der Waals surface area contributed by atoms with E-state index in [-0.39, 0.29) is 11.6 Å². The molecule has 0 saturated carbocycles. The standard InChI is InChI=1S/C15H17F3N2O4/c1-9(2)19-14(23)20-12(21)8-24-13(22)7-10-4-3-5-11(6-10)15(16,17)18/h3-6,9H,7-8H2,1-2H3,(H2,19,20,21,23). The molecule has 3 amide bonds. The fourth-order valence-electron chi connectivity index (χ4n) is 1.68. The molecule has 0 atom stereocenters. The van der Waals surface area contributed by atoms with Crippen LogP contribution < -0.4 is 10.6 Å². The average molecular weight is 346 g/mol. The van der Waals surface area contributed by atoms with Crippen LogP contribution in [0.2, 0.25) is 0 Å². The predicted octanol–water partition coefficient (Wildman–Crippen LogP) is 2.03. The number of carbonyl (C=O) groups excluding carboxylic acids is 3. The predicted molar refractivity (Wildman–Crippen MR) is 77.9 cm³/mol. The van der Waals surface area contributed by atoms with E-state index in [1.54, 1.807) is 13.8 Å². The maximum Gasteiger partial charge on any atom is 0.416 e. The minimum absolute atomic E-state index is 0.104. The van der Waals surface area contributed by atoms with Crippen LogP contribution in [0.15, 0.2) is 24.3 Å². The van der Waals surface area contributed by atoms with Crippen molar-refractivity contribution in [1.82, 2.24) is 10.6 Å². The Kier molecular flexibility index (Phi) is 6.75. The Morgan fingerprint density at radius 3 is 2.46 bits per heavy atom. The van der Waals surface area contributed by atoms with Gasteiger partial charge in [-0.25, -0.2) is 4.79 Å². The smallest absolute Gasteiger partial charge is 0.416 e. The SMILES string of the molecule is CC(C)NC(=O)NC(=O)COC(=O)Cc1cccc(C(F)(F)F)c1. The minimum atomic E-state index is -4.51. The number of imide groups is 1. The Balaban J connectivity index is 2.47. The molecule has 0 aromatic heterocycles. The monoisotopic (exact) mass is 346 g/mol. The lowest BCUT2D eigenvalue weighted by atomic mass is 10.1. The first-order valence-corrected chi connectivity index (χ1v) is 7.00. The van der Waals surface area contributed by atoms with E-state index >= 15 is 0 Å². The first kappa shape index (κ1) is 19.5. The molecule has 0 aliphatic heterocycles. The Morgan fingerprint density at radius 1 is 1.21 bits per heavy atom. The van der Waals surface area contributed by atoms with Crippen molar-refractivity contribution in [3.05, 3.63) is 35.4 Å². The van der Waals surface area contributed by atoms with E-state index in [1.807, 2.05) is 5.32 Å². The van der Waals surface area contributed by atoms with Crippen molar-refractivity contribution >= 4 is 17.9 Å². The van der Waals surface area contributed by atoms with Crippen LogP contribution in [0, 0.1) is 0 Å². The molecule has 6 nitrogen and oxygen atoms in total. The molecule has 2 N–H and O–H groups in total. The van der Waals surface area contributed by atoms with Gasteiger partial charge in [0.15, 0.2) is 6.61 Å². The van der Waals surface area contributed by atoms with Gasteiger partial charge in [0.2, 0.25) is 0 Å². The highest BCUT2D eigenvalue weighted by Crippen LogP contribution is 2.29. The van der Waals surface area contributed by atoms with E-state index in [2.05, 4.69) is 10.1 Å². The summed E-state index contributed by atoms with van der Waals surface area (Å²) in [5.74, 6) is -1.72. The van der Waals surface area contributed by atoms with Crippen molar-refractivity contribution in [2.45, 2.75) is 32.5 Å². The van der Waals surface area contributed by atoms with Gasteiger partial charge < -0.3 is 10.1 Å². The van der Waals surface area contributed by atoms with Crippen molar-refractivity contribution in [2.75, 3.05) is 6.61 Å². The van der Waals surface area contributed by atoms with Crippen molar-refractivity contribution in [3.63, 3.8) is 0 Å². The first-order valence-electron chi connectivity index (χ1n) is 7.00. The van der Waals surface area contributed by atoms with Gasteiger partial charge in [0.1, 0.15) is 0 Å². The normalized spacial score (nSPS) is 11.1. The fourth-order valence-corrected chi connectivity index (χ4v) is 1.68. The summed E-state index contributed by atoms with van der Waals surface area (Å²) < 4.78 is 42.3. The summed E-state index contributed by atoms with van der Waals surface area (Å²) in [6.45, 7) is 2.68. The minimum Gasteiger partial charge on any atom is -0.455 e. The van der Waals surface area contributed by atoms with Crippen LogP contribution in [0.25, 0.3) is 0 Å². The zero-order chi connectivity index (χ0) is 18.3. The maximum atomic E-state index is 12.6. The number of urea groups is 1. The van der Waals surface area contributed by atoms with E-state index in [0.29, 0.717) is 0 Å². The van der Waals surface area contributed by atoms with Crippen molar-refractivity contribution < 1.29 is 32.3 Å². The fraction of sp³-hybridized carbons (Fsp3) is 0.400. The molecule has 0 aliphatic rings. The van der Waals surface area contributed by atoms with Crippen LogP contribution in [0.5, 0.6) is 0 Å². The Labute approximate surface area is 136 Å². The number of benzene rings is 1. The third kappa shape index (κ3) is 7.12. The highest BCUT2D eigenvalue weighted by molar-refractivity contribution is 5.95. The highest BCUT2D eigenvalue weighted by atomic mass is 19.4. The summed E-state index contributed by atoms with van der Waals surface area (Å²) in [6, 6.07) is 3.32. The van der Waals surface area contributed by atoms with Crippen molar-refractivity contribution in [1.29, 1.82) is 0 Å². The van der Waals surface area contributed by atoms with Gasteiger partial charge in [0, 0.05) is 6.04 Å². The van der Waals surface area contributed by atoms with Crippen LogP contribution in [0.3, 0.4) is 0 Å². The largest absolute Gasteiger partial charge is 0.455 e. The molecule has 9 heteroatoms. The maximum absolute atomic E-state index is 12.6. The number of esters is 1. The van der Waals surface area contributed by atoms with Gasteiger partial charge >= 0.3 is 18.2 Å². The van der Waals surface area contributed by atoms with Gasteiger partial charge in [0.25, 0.3) is 5.91 Å². The molecule has 0 radical (unpaired) electrons. The zero-order valence-electron chi connectivity index (χ0n) is 13.1. The molecule has 0 fully saturated rings. The summed E-state index contributed by atoms with van der Waals surface area (Å²) in [7, 11) is 0. The summed E-state index contributed by atoms with van der Waals surface area (Å²) in [5, 5.41) is 4.35. The summed E-state index contributed by atoms with van der Waals surface area (Å²) in [6.07, 6.45) is -4.93. The Bertz CT molecular complexity index is 615. The summed E-state index contributed by atoms with van der Waals surface area (Å²) in [4.78, 5) is 34.2. The number of amides is 3. The van der Waals surface area contributed by atoms with Gasteiger partial charge in [-0.3, -0.25) is 14.9 Å². The molecule has 0 unspecified atom stereocenters. The zero-order valence-corrected chi connectivity index (χ0v) is 13.1. The molecule has 24 heavy (non-hydrogen) atoms. The second kappa shape index (κ2) is 8.32. The molecule has 1 aromatic carbocycles. The number of hydrogen-bond acceptors (Lipinski definition) is 4. The number of nitrogens with one attached hydrogen (secondary N) is 2. The number of rotatable bonds is 5. The van der Waals surface area contributed by atoms with Gasteiger partial charge in [-0.05, 0) is 25.5 Å². The Morgan fingerprint density at radius 2 is 1.88 bits per heavy atom. The molecule has 0 bridgehead atoms. The first-order chi connectivity index (χ1) is 11.1. The summed E-state index contributed by atoms with van der Waals surface area (Å²) >= 11 is 0. The number of carbonyl (C=O) groups is 3. The molecule has 0 saturated heterocycles. The molecule has 0 spiro atoms. The van der Waals surface area contributed by atoms with E-state index < -0.39 is 42.7 Å².